The number of carbonyl (C=O) groups excluding carboxylic acids is 1. The molecule has 4 rings (SSSR count). The van der Waals surface area contributed by atoms with Crippen LogP contribution in [0.15, 0.2) is 47.5 Å². The van der Waals surface area contributed by atoms with E-state index in [9.17, 15) is 4.79 Å². The maximum absolute atomic E-state index is 12.9. The van der Waals surface area contributed by atoms with E-state index in [0.29, 0.717) is 38.9 Å². The molecule has 0 radical (unpaired) electrons. The molecule has 2 heterocycles. The average molecular weight is 409 g/mol. The Kier molecular flexibility index (Phi) is 4.98. The zero-order valence-electron chi connectivity index (χ0n) is 13.5. The summed E-state index contributed by atoms with van der Waals surface area (Å²) in [5.74, 6) is 1.84. The Hall–Kier alpha value is -1.89. The molecule has 2 aromatic rings. The molecular formula is C18H14Cl2N2O3S. The fourth-order valence-corrected chi connectivity index (χ4v) is 3.93. The Bertz CT molecular complexity index is 890. The lowest BCUT2D eigenvalue weighted by atomic mass is 10.2. The number of hydrogen-bond donors (Lipinski definition) is 0. The van der Waals surface area contributed by atoms with Crippen molar-refractivity contribution in [2.45, 2.75) is 6.10 Å². The Balaban J connectivity index is 1.54. The summed E-state index contributed by atoms with van der Waals surface area (Å²) >= 11 is 13.5. The molecule has 134 valence electrons. The Labute approximate surface area is 164 Å². The number of aliphatic imine (C=N–C) groups is 1. The average Bonchev–Trinajstić information content (AvgIpc) is 3.12. The van der Waals surface area contributed by atoms with Crippen LogP contribution in [0.4, 0.5) is 5.69 Å². The van der Waals surface area contributed by atoms with Crippen LogP contribution in [0.1, 0.15) is 0 Å². The first-order valence-corrected chi connectivity index (χ1v) is 9.72. The van der Waals surface area contributed by atoms with Gasteiger partial charge in [-0.15, -0.1) is 0 Å². The van der Waals surface area contributed by atoms with Crippen molar-refractivity contribution in [3.8, 4) is 11.5 Å². The Morgan fingerprint density at radius 1 is 1.15 bits per heavy atom. The number of rotatable bonds is 2. The quantitative estimate of drug-likeness (QED) is 0.738. The van der Waals surface area contributed by atoms with Crippen LogP contribution in [0.2, 0.25) is 10.0 Å². The predicted octanol–water partition coefficient (Wildman–Crippen LogP) is 4.40. The zero-order chi connectivity index (χ0) is 18.1. The van der Waals surface area contributed by atoms with Crippen LogP contribution < -0.4 is 9.47 Å². The molecule has 1 fully saturated rings. The van der Waals surface area contributed by atoms with E-state index in [0.717, 1.165) is 5.75 Å². The molecule has 26 heavy (non-hydrogen) atoms. The maximum atomic E-state index is 12.9. The van der Waals surface area contributed by atoms with Gasteiger partial charge in [-0.1, -0.05) is 47.1 Å². The third kappa shape index (κ3) is 3.49. The van der Waals surface area contributed by atoms with Crippen molar-refractivity contribution in [3.63, 3.8) is 0 Å². The number of nitrogens with zero attached hydrogens (tertiary/aromatic N) is 2. The fraction of sp³-hybridized carbons (Fsp3) is 0.222. The van der Waals surface area contributed by atoms with E-state index in [1.807, 2.05) is 18.2 Å². The molecule has 8 heteroatoms. The Morgan fingerprint density at radius 3 is 2.77 bits per heavy atom. The van der Waals surface area contributed by atoms with Crippen LogP contribution in [0, 0.1) is 0 Å². The summed E-state index contributed by atoms with van der Waals surface area (Å²) in [4.78, 5) is 19.1. The van der Waals surface area contributed by atoms with Gasteiger partial charge in [0.1, 0.15) is 6.61 Å². The highest BCUT2D eigenvalue weighted by Gasteiger charge is 2.35. The number of fused-ring (bicyclic) bond motifs is 1. The SMILES string of the molecule is O=C([C@@H]1COc2ccccc2O1)N1CCSC1=Nc1ccc(Cl)c(Cl)c1. The van der Waals surface area contributed by atoms with Gasteiger partial charge in [0.15, 0.2) is 16.7 Å². The number of amidine groups is 1. The van der Waals surface area contributed by atoms with Crippen LogP contribution in [-0.2, 0) is 4.79 Å². The fourth-order valence-electron chi connectivity index (χ4n) is 2.68. The standard InChI is InChI=1S/C18H14Cl2N2O3S/c19-12-6-5-11(9-13(12)20)21-18-22(7-8-26-18)17(23)16-10-24-14-3-1-2-4-15(14)25-16/h1-6,9,16H,7-8,10H2/t16-/m0/s1. The van der Waals surface area contributed by atoms with Gasteiger partial charge in [-0.25, -0.2) is 4.99 Å². The molecule has 0 saturated carbocycles. The molecule has 1 atom stereocenters. The number of benzene rings is 2. The maximum Gasteiger partial charge on any atom is 0.273 e. The van der Waals surface area contributed by atoms with E-state index in [1.165, 1.54) is 11.8 Å². The van der Waals surface area contributed by atoms with Crippen molar-refractivity contribution < 1.29 is 14.3 Å². The monoisotopic (exact) mass is 408 g/mol. The molecule has 2 aliphatic rings. The third-order valence-electron chi connectivity index (χ3n) is 3.95. The van der Waals surface area contributed by atoms with Crippen LogP contribution in [0.3, 0.4) is 0 Å². The van der Waals surface area contributed by atoms with Gasteiger partial charge in [-0.2, -0.15) is 0 Å². The van der Waals surface area contributed by atoms with Crippen LogP contribution in [-0.4, -0.2) is 41.0 Å². The van der Waals surface area contributed by atoms with E-state index in [2.05, 4.69) is 4.99 Å². The third-order valence-corrected chi connectivity index (χ3v) is 5.65. The first-order chi connectivity index (χ1) is 12.6. The van der Waals surface area contributed by atoms with Crippen LogP contribution >= 0.6 is 35.0 Å². The largest absolute Gasteiger partial charge is 0.485 e. The van der Waals surface area contributed by atoms with Crippen molar-refractivity contribution in [2.75, 3.05) is 18.9 Å². The molecule has 2 aliphatic heterocycles. The lowest BCUT2D eigenvalue weighted by Gasteiger charge is -2.28. The summed E-state index contributed by atoms with van der Waals surface area (Å²) < 4.78 is 11.5. The van der Waals surface area contributed by atoms with Crippen molar-refractivity contribution in [1.82, 2.24) is 4.90 Å². The second kappa shape index (κ2) is 7.39. The zero-order valence-corrected chi connectivity index (χ0v) is 15.9. The number of halogens is 2. The molecule has 1 saturated heterocycles. The molecule has 0 unspecified atom stereocenters. The molecule has 5 nitrogen and oxygen atoms in total. The summed E-state index contributed by atoms with van der Waals surface area (Å²) in [6, 6.07) is 12.4. The highest BCUT2D eigenvalue weighted by molar-refractivity contribution is 8.14. The number of thioether (sulfide) groups is 1. The van der Waals surface area contributed by atoms with Gasteiger partial charge < -0.3 is 9.47 Å². The molecule has 1 amide bonds. The van der Waals surface area contributed by atoms with Gasteiger partial charge in [0.2, 0.25) is 6.10 Å². The van der Waals surface area contributed by atoms with Gasteiger partial charge in [0.05, 0.1) is 15.7 Å². The molecule has 0 bridgehead atoms. The normalized spacial score (nSPS) is 20.5. The van der Waals surface area contributed by atoms with Crippen LogP contribution in [0.25, 0.3) is 0 Å². The lowest BCUT2D eigenvalue weighted by Crippen LogP contribution is -2.46. The smallest absolute Gasteiger partial charge is 0.273 e. The van der Waals surface area contributed by atoms with Crippen molar-refractivity contribution in [3.05, 3.63) is 52.5 Å². The minimum Gasteiger partial charge on any atom is -0.485 e. The second-order valence-corrected chi connectivity index (χ2v) is 7.57. The summed E-state index contributed by atoms with van der Waals surface area (Å²) in [5, 5.41) is 1.51. The van der Waals surface area contributed by atoms with Gasteiger partial charge in [0.25, 0.3) is 5.91 Å². The van der Waals surface area contributed by atoms with E-state index in [4.69, 9.17) is 32.7 Å². The van der Waals surface area contributed by atoms with Crippen LogP contribution in [0.5, 0.6) is 11.5 Å². The summed E-state index contributed by atoms with van der Waals surface area (Å²) in [6.07, 6.45) is -0.692. The van der Waals surface area contributed by atoms with Gasteiger partial charge in [-0.05, 0) is 30.3 Å². The van der Waals surface area contributed by atoms with Gasteiger partial charge in [0, 0.05) is 12.3 Å². The lowest BCUT2D eigenvalue weighted by molar-refractivity contribution is -0.136. The summed E-state index contributed by atoms with van der Waals surface area (Å²) in [7, 11) is 0. The van der Waals surface area contributed by atoms with E-state index >= 15 is 0 Å². The summed E-state index contributed by atoms with van der Waals surface area (Å²) in [6.45, 7) is 0.752. The van der Waals surface area contributed by atoms with E-state index in [1.54, 1.807) is 29.2 Å². The van der Waals surface area contributed by atoms with Crippen molar-refractivity contribution in [1.29, 1.82) is 0 Å². The second-order valence-electron chi connectivity index (χ2n) is 5.70. The molecule has 0 N–H and O–H groups in total. The minimum absolute atomic E-state index is 0.164. The molecule has 0 aliphatic carbocycles. The number of ether oxygens (including phenoxy) is 2. The predicted molar refractivity (Wildman–Crippen MR) is 104 cm³/mol. The number of amides is 1. The number of para-hydroxylation sites is 2. The van der Waals surface area contributed by atoms with Crippen molar-refractivity contribution in [2.24, 2.45) is 4.99 Å². The topological polar surface area (TPSA) is 51.1 Å². The van der Waals surface area contributed by atoms with Crippen molar-refractivity contribution >= 4 is 51.7 Å². The van der Waals surface area contributed by atoms with Gasteiger partial charge >= 0.3 is 0 Å². The molecule has 0 spiro atoms. The highest BCUT2D eigenvalue weighted by Crippen LogP contribution is 2.33. The number of hydrogen-bond acceptors (Lipinski definition) is 5. The first kappa shape index (κ1) is 17.5. The molecule has 0 aromatic heterocycles. The van der Waals surface area contributed by atoms with E-state index in [-0.39, 0.29) is 12.5 Å². The minimum atomic E-state index is -0.692. The summed E-state index contributed by atoms with van der Waals surface area (Å²) in [5.41, 5.74) is 0.646. The Morgan fingerprint density at radius 2 is 1.96 bits per heavy atom. The first-order valence-electron chi connectivity index (χ1n) is 7.98. The molecule has 2 aromatic carbocycles. The highest BCUT2D eigenvalue weighted by atomic mass is 35.5. The molecular weight excluding hydrogens is 395 g/mol. The number of carbonyl (C=O) groups is 1. The van der Waals surface area contributed by atoms with E-state index < -0.39 is 6.10 Å². The van der Waals surface area contributed by atoms with Gasteiger partial charge in [-0.3, -0.25) is 9.69 Å².